The molecule has 22 heavy (non-hydrogen) atoms. The van der Waals surface area contributed by atoms with Crippen LogP contribution in [0.3, 0.4) is 0 Å². The number of methoxy groups -OCH3 is 2. The van der Waals surface area contributed by atoms with Crippen molar-refractivity contribution in [3.05, 3.63) is 35.7 Å². The van der Waals surface area contributed by atoms with Gasteiger partial charge in [0.1, 0.15) is 17.3 Å². The number of anilines is 2. The zero-order chi connectivity index (χ0) is 15.5. The van der Waals surface area contributed by atoms with E-state index in [0.29, 0.717) is 29.8 Å². The van der Waals surface area contributed by atoms with Crippen molar-refractivity contribution in [2.45, 2.75) is 25.3 Å². The van der Waals surface area contributed by atoms with Crippen LogP contribution in [0.1, 0.15) is 30.1 Å². The van der Waals surface area contributed by atoms with Crippen LogP contribution in [0.2, 0.25) is 0 Å². The average Bonchev–Trinajstić information content (AvgIpc) is 3.39. The van der Waals surface area contributed by atoms with Gasteiger partial charge in [0, 0.05) is 18.0 Å². The highest BCUT2D eigenvalue weighted by molar-refractivity contribution is 5.67. The maximum atomic E-state index is 6.07. The lowest BCUT2D eigenvalue weighted by Gasteiger charge is -2.14. The lowest BCUT2D eigenvalue weighted by molar-refractivity contribution is 0.397. The first kappa shape index (κ1) is 14.4. The van der Waals surface area contributed by atoms with E-state index in [1.165, 1.54) is 0 Å². The topological polar surface area (TPSA) is 82.3 Å². The molecule has 0 saturated heterocycles. The first-order valence-electron chi connectivity index (χ1n) is 7.30. The molecule has 1 aliphatic carbocycles. The maximum absolute atomic E-state index is 6.07. The average molecular weight is 300 g/mol. The van der Waals surface area contributed by atoms with Crippen molar-refractivity contribution < 1.29 is 9.47 Å². The van der Waals surface area contributed by atoms with E-state index in [1.807, 2.05) is 24.3 Å². The monoisotopic (exact) mass is 300 g/mol. The molecule has 1 aromatic carbocycles. The van der Waals surface area contributed by atoms with Gasteiger partial charge in [0.05, 0.1) is 14.2 Å². The molecule has 2 aromatic rings. The third-order valence-electron chi connectivity index (χ3n) is 3.70. The summed E-state index contributed by atoms with van der Waals surface area (Å²) in [5, 5.41) is 3.27. The number of nitrogens with zero attached hydrogens (tertiary/aromatic N) is 2. The number of nitrogens with two attached hydrogens (primary N) is 1. The van der Waals surface area contributed by atoms with Gasteiger partial charge in [-0.25, -0.2) is 4.98 Å². The van der Waals surface area contributed by atoms with E-state index >= 15 is 0 Å². The van der Waals surface area contributed by atoms with Crippen molar-refractivity contribution >= 4 is 11.5 Å². The molecule has 6 heteroatoms. The molecule has 1 aliphatic rings. The largest absolute Gasteiger partial charge is 0.496 e. The summed E-state index contributed by atoms with van der Waals surface area (Å²) in [5.41, 5.74) is 7.54. The van der Waals surface area contributed by atoms with Crippen LogP contribution < -0.4 is 20.5 Å². The van der Waals surface area contributed by atoms with Crippen LogP contribution >= 0.6 is 0 Å². The fourth-order valence-corrected chi connectivity index (χ4v) is 2.31. The summed E-state index contributed by atoms with van der Waals surface area (Å²) in [4.78, 5) is 8.92. The Bertz CT molecular complexity index is 671. The smallest absolute Gasteiger partial charge is 0.242 e. The molecule has 116 valence electrons. The summed E-state index contributed by atoms with van der Waals surface area (Å²) in [5.74, 6) is 3.10. The summed E-state index contributed by atoms with van der Waals surface area (Å²) in [7, 11) is 3.23. The summed E-state index contributed by atoms with van der Waals surface area (Å²) in [6, 6.07) is 7.84. The van der Waals surface area contributed by atoms with E-state index < -0.39 is 0 Å². The Morgan fingerprint density at radius 1 is 1.18 bits per heavy atom. The van der Waals surface area contributed by atoms with Gasteiger partial charge >= 0.3 is 0 Å². The van der Waals surface area contributed by atoms with Gasteiger partial charge in [0.15, 0.2) is 5.82 Å². The number of benzene rings is 1. The second-order valence-corrected chi connectivity index (χ2v) is 5.29. The predicted molar refractivity (Wildman–Crippen MR) is 85.3 cm³/mol. The van der Waals surface area contributed by atoms with Gasteiger partial charge < -0.3 is 20.5 Å². The number of nitrogens with one attached hydrogen (secondary N) is 1. The van der Waals surface area contributed by atoms with E-state index in [2.05, 4.69) is 15.3 Å². The van der Waals surface area contributed by atoms with Crippen molar-refractivity contribution in [3.63, 3.8) is 0 Å². The second kappa shape index (κ2) is 6.09. The fourth-order valence-electron chi connectivity index (χ4n) is 2.31. The van der Waals surface area contributed by atoms with Crippen molar-refractivity contribution in [1.29, 1.82) is 0 Å². The third kappa shape index (κ3) is 2.90. The number of aromatic nitrogens is 2. The van der Waals surface area contributed by atoms with E-state index in [9.17, 15) is 0 Å². The molecule has 1 saturated carbocycles. The molecular weight excluding hydrogens is 280 g/mol. The van der Waals surface area contributed by atoms with E-state index in [-0.39, 0.29) is 0 Å². The van der Waals surface area contributed by atoms with Crippen molar-refractivity contribution in [2.75, 3.05) is 25.3 Å². The van der Waals surface area contributed by atoms with E-state index in [0.717, 1.165) is 30.0 Å². The Labute approximate surface area is 129 Å². The molecule has 0 atom stereocenters. The zero-order valence-corrected chi connectivity index (χ0v) is 12.8. The quantitative estimate of drug-likeness (QED) is 0.853. The highest BCUT2D eigenvalue weighted by Gasteiger charge is 2.28. The third-order valence-corrected chi connectivity index (χ3v) is 3.70. The SMILES string of the molecule is COc1ccccc1CNc1nc(C2CC2)nc(OC)c1N. The summed E-state index contributed by atoms with van der Waals surface area (Å²) in [6.07, 6.45) is 2.25. The minimum absolute atomic E-state index is 0.430. The Kier molecular flexibility index (Phi) is 4.00. The molecule has 0 unspecified atom stereocenters. The molecule has 1 heterocycles. The van der Waals surface area contributed by atoms with E-state index in [1.54, 1.807) is 14.2 Å². The lowest BCUT2D eigenvalue weighted by Crippen LogP contribution is -2.10. The molecule has 0 amide bonds. The normalized spacial score (nSPS) is 13.7. The maximum Gasteiger partial charge on any atom is 0.242 e. The van der Waals surface area contributed by atoms with Crippen LogP contribution in [0.15, 0.2) is 24.3 Å². The van der Waals surface area contributed by atoms with Gasteiger partial charge in [-0.05, 0) is 18.9 Å². The van der Waals surface area contributed by atoms with Crippen LogP contribution in [0.25, 0.3) is 0 Å². The molecule has 3 rings (SSSR count). The molecule has 1 fully saturated rings. The summed E-state index contributed by atoms with van der Waals surface area (Å²) >= 11 is 0. The van der Waals surface area contributed by atoms with Gasteiger partial charge in [0.25, 0.3) is 0 Å². The molecule has 1 aromatic heterocycles. The van der Waals surface area contributed by atoms with Crippen LogP contribution in [-0.2, 0) is 6.54 Å². The summed E-state index contributed by atoms with van der Waals surface area (Å²) < 4.78 is 10.6. The van der Waals surface area contributed by atoms with Gasteiger partial charge in [0.2, 0.25) is 5.88 Å². The Morgan fingerprint density at radius 2 is 1.95 bits per heavy atom. The van der Waals surface area contributed by atoms with Crippen LogP contribution in [0.4, 0.5) is 11.5 Å². The highest BCUT2D eigenvalue weighted by Crippen LogP contribution is 2.40. The van der Waals surface area contributed by atoms with Gasteiger partial charge in [-0.15, -0.1) is 0 Å². The molecule has 6 nitrogen and oxygen atoms in total. The van der Waals surface area contributed by atoms with Gasteiger partial charge in [-0.2, -0.15) is 4.98 Å². The minimum Gasteiger partial charge on any atom is -0.496 e. The molecule has 0 spiro atoms. The minimum atomic E-state index is 0.430. The van der Waals surface area contributed by atoms with Crippen LogP contribution in [0, 0.1) is 0 Å². The number of para-hydroxylation sites is 1. The van der Waals surface area contributed by atoms with Gasteiger partial charge in [-0.3, -0.25) is 0 Å². The number of rotatable bonds is 6. The second-order valence-electron chi connectivity index (χ2n) is 5.29. The number of hydrogen-bond donors (Lipinski definition) is 2. The predicted octanol–water partition coefficient (Wildman–Crippen LogP) is 2.57. The van der Waals surface area contributed by atoms with Crippen LogP contribution in [0.5, 0.6) is 11.6 Å². The zero-order valence-electron chi connectivity index (χ0n) is 12.8. The molecule has 3 N–H and O–H groups in total. The Morgan fingerprint density at radius 3 is 2.64 bits per heavy atom. The first-order chi connectivity index (χ1) is 10.7. The molecule has 0 bridgehead atoms. The Balaban J connectivity index is 1.83. The molecule has 0 radical (unpaired) electrons. The number of nitrogen functional groups attached to an aromatic ring is 1. The first-order valence-corrected chi connectivity index (χ1v) is 7.30. The molecule has 0 aliphatic heterocycles. The standard InChI is InChI=1S/C16H20N4O2/c1-21-12-6-4-3-5-11(12)9-18-15-13(17)16(22-2)20-14(19-15)10-7-8-10/h3-6,10H,7-9,17H2,1-2H3,(H,18,19,20). The lowest BCUT2D eigenvalue weighted by atomic mass is 10.2. The van der Waals surface area contributed by atoms with Gasteiger partial charge in [-0.1, -0.05) is 18.2 Å². The number of hydrogen-bond acceptors (Lipinski definition) is 6. The van der Waals surface area contributed by atoms with Crippen molar-refractivity contribution in [1.82, 2.24) is 9.97 Å². The highest BCUT2D eigenvalue weighted by atomic mass is 16.5. The van der Waals surface area contributed by atoms with E-state index in [4.69, 9.17) is 15.2 Å². The molecular formula is C16H20N4O2. The fraction of sp³-hybridized carbons (Fsp3) is 0.375. The Hall–Kier alpha value is -2.50. The van der Waals surface area contributed by atoms with Crippen molar-refractivity contribution in [3.8, 4) is 11.6 Å². The van der Waals surface area contributed by atoms with Crippen molar-refractivity contribution in [2.24, 2.45) is 0 Å². The van der Waals surface area contributed by atoms with Crippen LogP contribution in [-0.4, -0.2) is 24.2 Å². The number of ether oxygens (including phenoxy) is 2. The summed E-state index contributed by atoms with van der Waals surface area (Å²) in [6.45, 7) is 0.568.